The number of nitriles is 1. The summed E-state index contributed by atoms with van der Waals surface area (Å²) in [6.45, 7) is 1.40. The van der Waals surface area contributed by atoms with Gasteiger partial charge in [-0.1, -0.05) is 0 Å². The van der Waals surface area contributed by atoms with Crippen molar-refractivity contribution in [3.63, 3.8) is 0 Å². The van der Waals surface area contributed by atoms with Crippen LogP contribution in [0.2, 0.25) is 0 Å². The third-order valence-electron chi connectivity index (χ3n) is 4.11. The van der Waals surface area contributed by atoms with Gasteiger partial charge in [0.15, 0.2) is 11.5 Å². The van der Waals surface area contributed by atoms with Gasteiger partial charge in [0, 0.05) is 17.1 Å². The minimum absolute atomic E-state index is 0.408. The number of nitrogens with one attached hydrogen (secondary N) is 1. The number of hydrogen-bond donors (Lipinski definition) is 1. The minimum Gasteiger partial charge on any atom is -0.490 e. The van der Waals surface area contributed by atoms with Crippen LogP contribution in [-0.2, 0) is 0 Å². The van der Waals surface area contributed by atoms with Gasteiger partial charge in [0.2, 0.25) is 0 Å². The summed E-state index contributed by atoms with van der Waals surface area (Å²) >= 11 is 1.70. The minimum atomic E-state index is -0.408. The molecule has 1 aliphatic heterocycles. The average molecular weight is 304 g/mol. The quantitative estimate of drug-likeness (QED) is 0.848. The summed E-state index contributed by atoms with van der Waals surface area (Å²) in [6.07, 6.45) is 3.21. The second kappa shape index (κ2) is 6.17. The molecule has 2 aliphatic rings. The number of benzene rings is 1. The molecule has 0 saturated heterocycles. The Bertz CT molecular complexity index is 554. The van der Waals surface area contributed by atoms with Gasteiger partial charge in [-0.2, -0.15) is 5.26 Å². The van der Waals surface area contributed by atoms with Crippen LogP contribution in [0.25, 0.3) is 0 Å². The van der Waals surface area contributed by atoms with Gasteiger partial charge in [0.1, 0.15) is 5.54 Å². The summed E-state index contributed by atoms with van der Waals surface area (Å²) in [4.78, 5) is 1.12. The van der Waals surface area contributed by atoms with E-state index < -0.39 is 5.54 Å². The highest BCUT2D eigenvalue weighted by Gasteiger charge is 2.44. The van der Waals surface area contributed by atoms with Gasteiger partial charge >= 0.3 is 0 Å². The molecule has 1 fully saturated rings. The molecule has 1 saturated carbocycles. The van der Waals surface area contributed by atoms with E-state index in [0.29, 0.717) is 19.1 Å². The van der Waals surface area contributed by atoms with Crippen molar-refractivity contribution in [3.8, 4) is 17.6 Å². The van der Waals surface area contributed by atoms with Crippen LogP contribution >= 0.6 is 11.8 Å². The molecular formula is C16H20N2O2S. The van der Waals surface area contributed by atoms with Crippen molar-refractivity contribution >= 4 is 11.8 Å². The number of rotatable bonds is 5. The molecule has 0 bridgehead atoms. The van der Waals surface area contributed by atoms with Crippen molar-refractivity contribution in [2.75, 3.05) is 26.0 Å². The molecule has 5 heteroatoms. The first kappa shape index (κ1) is 14.6. The topological polar surface area (TPSA) is 54.3 Å². The smallest absolute Gasteiger partial charge is 0.162 e. The summed E-state index contributed by atoms with van der Waals surface area (Å²) in [5.41, 5.74) is -0.408. The van der Waals surface area contributed by atoms with Crippen LogP contribution < -0.4 is 14.8 Å². The van der Waals surface area contributed by atoms with Crippen LogP contribution in [0.15, 0.2) is 23.1 Å². The zero-order valence-electron chi connectivity index (χ0n) is 12.2. The molecule has 4 nitrogen and oxygen atoms in total. The van der Waals surface area contributed by atoms with Crippen molar-refractivity contribution in [2.24, 2.45) is 5.92 Å². The van der Waals surface area contributed by atoms with Crippen LogP contribution in [0.4, 0.5) is 0 Å². The summed E-state index contributed by atoms with van der Waals surface area (Å²) in [5.74, 6) is 2.88. The van der Waals surface area contributed by atoms with E-state index in [1.165, 1.54) is 0 Å². The monoisotopic (exact) mass is 304 g/mol. The summed E-state index contributed by atoms with van der Waals surface area (Å²) in [5, 5.41) is 12.8. The first-order valence-electron chi connectivity index (χ1n) is 7.40. The number of ether oxygens (including phenoxy) is 2. The van der Waals surface area contributed by atoms with Crippen molar-refractivity contribution < 1.29 is 9.47 Å². The Balaban J connectivity index is 1.70. The predicted octanol–water partition coefficient (Wildman–Crippen LogP) is 2.83. The van der Waals surface area contributed by atoms with Gasteiger partial charge in [-0.25, -0.2) is 0 Å². The third-order valence-corrected chi connectivity index (χ3v) is 5.29. The highest BCUT2D eigenvalue weighted by molar-refractivity contribution is 7.99. The second-order valence-electron chi connectivity index (χ2n) is 5.56. The largest absolute Gasteiger partial charge is 0.490 e. The zero-order chi connectivity index (χ0) is 14.7. The van der Waals surface area contributed by atoms with Gasteiger partial charge in [-0.3, -0.25) is 0 Å². The lowest BCUT2D eigenvalue weighted by molar-refractivity contribution is 0.297. The molecule has 21 heavy (non-hydrogen) atoms. The molecule has 0 radical (unpaired) electrons. The maximum absolute atomic E-state index is 9.52. The van der Waals surface area contributed by atoms with E-state index in [0.717, 1.165) is 41.4 Å². The average Bonchev–Trinajstić information content (AvgIpc) is 3.35. The first-order chi connectivity index (χ1) is 10.3. The fraction of sp³-hybridized carbons (Fsp3) is 0.562. The molecule has 0 aromatic heterocycles. The molecule has 1 N–H and O–H groups in total. The van der Waals surface area contributed by atoms with E-state index in [1.807, 2.05) is 25.2 Å². The van der Waals surface area contributed by atoms with Crippen molar-refractivity contribution in [1.29, 1.82) is 5.26 Å². The lowest BCUT2D eigenvalue weighted by Crippen LogP contribution is -2.46. The standard InChI is InChI=1S/C16H20N2O2S/c1-18-16(10-17,12-3-4-12)11-21-13-5-6-14-15(9-13)20-8-2-7-19-14/h5-6,9,12,18H,2-4,7-8,11H2,1H3. The number of nitrogens with zero attached hydrogens (tertiary/aromatic N) is 1. The Hall–Kier alpha value is -1.38. The maximum Gasteiger partial charge on any atom is 0.162 e. The van der Waals surface area contributed by atoms with Gasteiger partial charge in [-0.15, -0.1) is 11.8 Å². The van der Waals surface area contributed by atoms with E-state index in [9.17, 15) is 5.26 Å². The Labute approximate surface area is 129 Å². The van der Waals surface area contributed by atoms with E-state index >= 15 is 0 Å². The van der Waals surface area contributed by atoms with Crippen LogP contribution in [0.3, 0.4) is 0 Å². The molecule has 112 valence electrons. The van der Waals surface area contributed by atoms with Gasteiger partial charge in [0.05, 0.1) is 19.3 Å². The summed E-state index contributed by atoms with van der Waals surface area (Å²) in [7, 11) is 1.88. The maximum atomic E-state index is 9.52. The van der Waals surface area contributed by atoms with Crippen molar-refractivity contribution in [3.05, 3.63) is 18.2 Å². The first-order valence-corrected chi connectivity index (χ1v) is 8.38. The molecule has 1 aliphatic carbocycles. The second-order valence-corrected chi connectivity index (χ2v) is 6.60. The third kappa shape index (κ3) is 3.12. The molecule has 3 rings (SSSR count). The number of hydrogen-bond acceptors (Lipinski definition) is 5. The molecule has 0 spiro atoms. The summed E-state index contributed by atoms with van der Waals surface area (Å²) < 4.78 is 11.4. The molecule has 1 atom stereocenters. The van der Waals surface area contributed by atoms with Crippen LogP contribution in [0, 0.1) is 17.2 Å². The summed E-state index contributed by atoms with van der Waals surface area (Å²) in [6, 6.07) is 8.52. The SMILES string of the molecule is CNC(C#N)(CSc1ccc2c(c1)OCCCO2)C1CC1. The normalized spacial score (nSPS) is 20.2. The van der Waals surface area contributed by atoms with Gasteiger partial charge < -0.3 is 14.8 Å². The van der Waals surface area contributed by atoms with E-state index in [2.05, 4.69) is 11.4 Å². The lowest BCUT2D eigenvalue weighted by atomic mass is 9.98. The Morgan fingerprint density at radius 1 is 1.33 bits per heavy atom. The molecule has 1 heterocycles. The number of fused-ring (bicyclic) bond motifs is 1. The fourth-order valence-corrected chi connectivity index (χ4v) is 3.77. The molecule has 1 unspecified atom stereocenters. The van der Waals surface area contributed by atoms with Crippen LogP contribution in [-0.4, -0.2) is 31.6 Å². The highest BCUT2D eigenvalue weighted by atomic mass is 32.2. The van der Waals surface area contributed by atoms with Gasteiger partial charge in [-0.05, 0) is 44.0 Å². The van der Waals surface area contributed by atoms with E-state index in [1.54, 1.807) is 11.8 Å². The zero-order valence-corrected chi connectivity index (χ0v) is 13.0. The van der Waals surface area contributed by atoms with Crippen LogP contribution in [0.5, 0.6) is 11.5 Å². The molecule has 0 amide bonds. The van der Waals surface area contributed by atoms with Gasteiger partial charge in [0.25, 0.3) is 0 Å². The Morgan fingerprint density at radius 3 is 2.76 bits per heavy atom. The Kier molecular flexibility index (Phi) is 4.27. The van der Waals surface area contributed by atoms with Crippen LogP contribution in [0.1, 0.15) is 19.3 Å². The number of thioether (sulfide) groups is 1. The Morgan fingerprint density at radius 2 is 2.10 bits per heavy atom. The van der Waals surface area contributed by atoms with E-state index in [-0.39, 0.29) is 0 Å². The lowest BCUT2D eigenvalue weighted by Gasteiger charge is -2.25. The molecular weight excluding hydrogens is 284 g/mol. The van der Waals surface area contributed by atoms with Crippen molar-refractivity contribution in [1.82, 2.24) is 5.32 Å². The van der Waals surface area contributed by atoms with Crippen molar-refractivity contribution in [2.45, 2.75) is 29.7 Å². The predicted molar refractivity (Wildman–Crippen MR) is 82.9 cm³/mol. The highest BCUT2D eigenvalue weighted by Crippen LogP contribution is 2.42. The molecule has 1 aromatic carbocycles. The van der Waals surface area contributed by atoms with E-state index in [4.69, 9.17) is 9.47 Å². The molecule has 1 aromatic rings. The fourth-order valence-electron chi connectivity index (χ4n) is 2.58.